The molecule has 0 aliphatic heterocycles. The maximum atomic E-state index is 10.8. The van der Waals surface area contributed by atoms with E-state index in [2.05, 4.69) is 9.72 Å². The van der Waals surface area contributed by atoms with E-state index in [1.54, 1.807) is 0 Å². The molecule has 0 amide bonds. The van der Waals surface area contributed by atoms with Gasteiger partial charge in [0.25, 0.3) is 10.0 Å². The van der Waals surface area contributed by atoms with Crippen molar-refractivity contribution < 1.29 is 17.9 Å². The molecule has 0 aliphatic carbocycles. The van der Waals surface area contributed by atoms with Crippen LogP contribution in [0.5, 0.6) is 0 Å². The van der Waals surface area contributed by atoms with Crippen LogP contribution < -0.4 is 5.14 Å². The van der Waals surface area contributed by atoms with Gasteiger partial charge in [0.15, 0.2) is 5.69 Å². The summed E-state index contributed by atoms with van der Waals surface area (Å²) in [7, 11) is -2.65. The molecule has 13 heavy (non-hydrogen) atoms. The number of primary sulfonamides is 1. The van der Waals surface area contributed by atoms with Crippen molar-refractivity contribution in [2.24, 2.45) is 5.14 Å². The van der Waals surface area contributed by atoms with Crippen molar-refractivity contribution in [3.63, 3.8) is 0 Å². The molecule has 0 atom stereocenters. The molecule has 6 nitrogen and oxygen atoms in total. The second-order valence-electron chi connectivity index (χ2n) is 2.04. The van der Waals surface area contributed by atoms with Crippen molar-refractivity contribution in [1.29, 1.82) is 0 Å². The normalized spacial score (nSPS) is 11.2. The zero-order valence-corrected chi connectivity index (χ0v) is 8.18. The van der Waals surface area contributed by atoms with Gasteiger partial charge in [-0.15, -0.1) is 11.3 Å². The van der Waals surface area contributed by atoms with Gasteiger partial charge in [-0.3, -0.25) is 0 Å². The lowest BCUT2D eigenvalue weighted by Gasteiger charge is -1.91. The van der Waals surface area contributed by atoms with Gasteiger partial charge in [0.2, 0.25) is 4.34 Å². The van der Waals surface area contributed by atoms with E-state index in [-0.39, 0.29) is 10.0 Å². The number of methoxy groups -OCH3 is 1. The summed E-state index contributed by atoms with van der Waals surface area (Å²) in [6.45, 7) is 0. The zero-order chi connectivity index (χ0) is 10.1. The number of hydrogen-bond donors (Lipinski definition) is 1. The molecule has 1 heterocycles. The number of thiazole rings is 1. The number of esters is 1. The molecule has 1 aromatic heterocycles. The highest BCUT2D eigenvalue weighted by Crippen LogP contribution is 2.14. The Kier molecular flexibility index (Phi) is 2.64. The first kappa shape index (κ1) is 10.1. The first-order chi connectivity index (χ1) is 5.95. The van der Waals surface area contributed by atoms with Crippen LogP contribution in [0, 0.1) is 0 Å². The van der Waals surface area contributed by atoms with E-state index in [9.17, 15) is 13.2 Å². The predicted octanol–water partition coefficient (Wildman–Crippen LogP) is -0.423. The predicted molar refractivity (Wildman–Crippen MR) is 44.8 cm³/mol. The molecule has 1 aromatic rings. The third-order valence-electron chi connectivity index (χ3n) is 1.12. The molecule has 8 heteroatoms. The smallest absolute Gasteiger partial charge is 0.357 e. The molecule has 0 bridgehead atoms. The number of carbonyl (C=O) groups is 1. The fourth-order valence-electron chi connectivity index (χ4n) is 0.586. The summed E-state index contributed by atoms with van der Waals surface area (Å²) in [6, 6.07) is 0. The van der Waals surface area contributed by atoms with E-state index in [0.29, 0.717) is 0 Å². The Bertz CT molecular complexity index is 421. The van der Waals surface area contributed by atoms with Gasteiger partial charge in [0.05, 0.1) is 7.11 Å². The Balaban J connectivity index is 3.07. The van der Waals surface area contributed by atoms with Crippen LogP contribution in [0.15, 0.2) is 9.72 Å². The minimum atomic E-state index is -3.82. The maximum Gasteiger partial charge on any atom is 0.357 e. The summed E-state index contributed by atoms with van der Waals surface area (Å²) < 4.78 is 25.5. The Morgan fingerprint density at radius 2 is 2.31 bits per heavy atom. The molecule has 0 saturated carbocycles. The fourth-order valence-corrected chi connectivity index (χ4v) is 2.01. The molecule has 0 aromatic carbocycles. The number of rotatable bonds is 2. The number of nitrogens with zero attached hydrogens (tertiary/aromatic N) is 1. The number of hydrogen-bond acceptors (Lipinski definition) is 6. The van der Waals surface area contributed by atoms with Crippen LogP contribution in [0.2, 0.25) is 0 Å². The molecule has 0 aliphatic rings. The Labute approximate surface area is 78.4 Å². The average molecular weight is 222 g/mol. The van der Waals surface area contributed by atoms with Gasteiger partial charge in [0.1, 0.15) is 0 Å². The number of carbonyl (C=O) groups excluding carboxylic acids is 1. The van der Waals surface area contributed by atoms with Crippen molar-refractivity contribution in [3.8, 4) is 0 Å². The second kappa shape index (κ2) is 3.40. The molecule has 0 spiro atoms. The molecule has 0 fully saturated rings. The monoisotopic (exact) mass is 222 g/mol. The molecule has 72 valence electrons. The van der Waals surface area contributed by atoms with Gasteiger partial charge >= 0.3 is 5.97 Å². The van der Waals surface area contributed by atoms with Crippen LogP contribution in [0.25, 0.3) is 0 Å². The molecule has 1 rings (SSSR count). The van der Waals surface area contributed by atoms with E-state index >= 15 is 0 Å². The van der Waals surface area contributed by atoms with Crippen molar-refractivity contribution in [3.05, 3.63) is 11.1 Å². The summed E-state index contributed by atoms with van der Waals surface area (Å²) in [5.41, 5.74) is -0.0588. The van der Waals surface area contributed by atoms with Crippen LogP contribution in [-0.4, -0.2) is 26.5 Å². The lowest BCUT2D eigenvalue weighted by molar-refractivity contribution is 0.0594. The Hall–Kier alpha value is -0.990. The van der Waals surface area contributed by atoms with Crippen LogP contribution >= 0.6 is 11.3 Å². The molecule has 0 saturated heterocycles. The van der Waals surface area contributed by atoms with Gasteiger partial charge in [-0.2, -0.15) is 0 Å². The largest absolute Gasteiger partial charge is 0.464 e. The zero-order valence-electron chi connectivity index (χ0n) is 6.55. The molecule has 2 N–H and O–H groups in total. The Morgan fingerprint density at radius 1 is 1.69 bits per heavy atom. The number of sulfonamides is 1. The van der Waals surface area contributed by atoms with E-state index in [4.69, 9.17) is 5.14 Å². The lowest BCUT2D eigenvalue weighted by Crippen LogP contribution is -2.12. The first-order valence-electron chi connectivity index (χ1n) is 3.02. The van der Waals surface area contributed by atoms with Gasteiger partial charge in [-0.25, -0.2) is 23.3 Å². The Morgan fingerprint density at radius 3 is 2.69 bits per heavy atom. The standard InChI is InChI=1S/C5H6N2O4S2/c1-11-4(8)3-2-12-5(7-3)13(6,9)10/h2H,1H3,(H2,6,9,10). The van der Waals surface area contributed by atoms with E-state index in [1.807, 2.05) is 0 Å². The summed E-state index contributed by atoms with van der Waals surface area (Å²) in [6.07, 6.45) is 0. The summed E-state index contributed by atoms with van der Waals surface area (Å²) in [4.78, 5) is 14.3. The third kappa shape index (κ3) is 2.23. The van der Waals surface area contributed by atoms with Crippen LogP contribution in [0.3, 0.4) is 0 Å². The fraction of sp³-hybridized carbons (Fsp3) is 0.200. The van der Waals surface area contributed by atoms with E-state index in [0.717, 1.165) is 11.3 Å². The summed E-state index contributed by atoms with van der Waals surface area (Å²) in [5.74, 6) is -0.689. The summed E-state index contributed by atoms with van der Waals surface area (Å²) >= 11 is 0.775. The van der Waals surface area contributed by atoms with Crippen molar-refractivity contribution in [2.75, 3.05) is 7.11 Å². The SMILES string of the molecule is COC(=O)c1csc(S(N)(=O)=O)n1. The quantitative estimate of drug-likeness (QED) is 0.685. The maximum absolute atomic E-state index is 10.8. The highest BCUT2D eigenvalue weighted by atomic mass is 32.2. The number of ether oxygens (including phenoxy) is 1. The highest BCUT2D eigenvalue weighted by molar-refractivity contribution is 7.91. The number of nitrogens with two attached hydrogens (primary N) is 1. The van der Waals surface area contributed by atoms with E-state index < -0.39 is 16.0 Å². The minimum Gasteiger partial charge on any atom is -0.464 e. The van der Waals surface area contributed by atoms with Crippen molar-refractivity contribution in [1.82, 2.24) is 4.98 Å². The van der Waals surface area contributed by atoms with Crippen LogP contribution in [0.1, 0.15) is 10.5 Å². The van der Waals surface area contributed by atoms with Crippen LogP contribution in [-0.2, 0) is 14.8 Å². The van der Waals surface area contributed by atoms with Crippen LogP contribution in [0.4, 0.5) is 0 Å². The molecular formula is C5H6N2O4S2. The number of aromatic nitrogens is 1. The van der Waals surface area contributed by atoms with Gasteiger partial charge in [-0.05, 0) is 0 Å². The van der Waals surface area contributed by atoms with Gasteiger partial charge in [0, 0.05) is 5.38 Å². The summed E-state index contributed by atoms with van der Waals surface area (Å²) in [5, 5.41) is 6.05. The lowest BCUT2D eigenvalue weighted by atomic mass is 10.5. The molecule has 0 radical (unpaired) electrons. The average Bonchev–Trinajstić information content (AvgIpc) is 2.50. The van der Waals surface area contributed by atoms with Gasteiger partial charge in [-0.1, -0.05) is 0 Å². The first-order valence-corrected chi connectivity index (χ1v) is 5.44. The third-order valence-corrected chi connectivity index (χ3v) is 3.32. The molecule has 0 unspecified atom stereocenters. The topological polar surface area (TPSA) is 99.4 Å². The van der Waals surface area contributed by atoms with Gasteiger partial charge < -0.3 is 4.74 Å². The van der Waals surface area contributed by atoms with Crippen molar-refractivity contribution in [2.45, 2.75) is 4.34 Å². The molecular weight excluding hydrogens is 216 g/mol. The van der Waals surface area contributed by atoms with E-state index in [1.165, 1.54) is 12.5 Å². The van der Waals surface area contributed by atoms with Crippen molar-refractivity contribution >= 4 is 27.3 Å². The second-order valence-corrected chi connectivity index (χ2v) is 4.63. The highest BCUT2D eigenvalue weighted by Gasteiger charge is 2.17. The minimum absolute atomic E-state index is 0.0588.